The third-order valence-electron chi connectivity index (χ3n) is 5.88. The summed E-state index contributed by atoms with van der Waals surface area (Å²) in [7, 11) is 7.50. The number of rotatable bonds is 11. The third-order valence-corrected chi connectivity index (χ3v) is 5.88. The molecule has 4 rings (SSSR count). The number of ether oxygens (including phenoxy) is 7. The van der Waals surface area contributed by atoms with E-state index in [-0.39, 0.29) is 41.4 Å². The Morgan fingerprint density at radius 3 is 2.05 bits per heavy atom. The SMILES string of the molecule is COc1ccc(C(=O)OCCOc2c(-c3ccc(OC)c(OC)c3)oc3cc(OC)cc(OC)c3c2=O)cc1. The molecule has 0 N–H and O–H groups in total. The highest BCUT2D eigenvalue weighted by Crippen LogP contribution is 2.39. The third kappa shape index (κ3) is 5.69. The molecule has 0 spiro atoms. The van der Waals surface area contributed by atoms with Crippen molar-refractivity contribution in [2.45, 2.75) is 0 Å². The minimum atomic E-state index is -0.541. The van der Waals surface area contributed by atoms with E-state index in [9.17, 15) is 9.59 Å². The van der Waals surface area contributed by atoms with Gasteiger partial charge in [0.2, 0.25) is 11.2 Å². The van der Waals surface area contributed by atoms with Crippen molar-refractivity contribution in [2.24, 2.45) is 0 Å². The van der Waals surface area contributed by atoms with Gasteiger partial charge < -0.3 is 37.6 Å². The lowest BCUT2D eigenvalue weighted by atomic mass is 10.1. The van der Waals surface area contributed by atoms with E-state index in [4.69, 9.17) is 37.6 Å². The minimum absolute atomic E-state index is 0.0846. The highest BCUT2D eigenvalue weighted by atomic mass is 16.6. The number of esters is 1. The number of hydrogen-bond donors (Lipinski definition) is 0. The molecular weight excluding hydrogens is 508 g/mol. The average molecular weight is 537 g/mol. The maximum atomic E-state index is 13.7. The Morgan fingerprint density at radius 1 is 0.718 bits per heavy atom. The standard InChI is InChI=1S/C29H28O10/c1-32-19-9-6-17(7-10-19)29(31)38-13-12-37-28-26(30)25-23(36-5)15-20(33-2)16-24(25)39-27(28)18-8-11-21(34-3)22(14-18)35-4/h6-11,14-16H,12-13H2,1-5H3. The van der Waals surface area contributed by atoms with Crippen molar-refractivity contribution in [3.8, 4) is 45.8 Å². The van der Waals surface area contributed by atoms with Crippen LogP contribution in [0.2, 0.25) is 0 Å². The maximum Gasteiger partial charge on any atom is 0.338 e. The molecule has 4 aromatic rings. The molecule has 3 aromatic carbocycles. The van der Waals surface area contributed by atoms with Gasteiger partial charge in [-0.3, -0.25) is 4.79 Å². The molecule has 0 bridgehead atoms. The fourth-order valence-corrected chi connectivity index (χ4v) is 3.91. The smallest absolute Gasteiger partial charge is 0.338 e. The molecule has 204 valence electrons. The van der Waals surface area contributed by atoms with Gasteiger partial charge in [-0.25, -0.2) is 4.79 Å². The second kappa shape index (κ2) is 12.1. The fraction of sp³-hybridized carbons (Fsp3) is 0.241. The lowest BCUT2D eigenvalue weighted by molar-refractivity contribution is 0.0449. The summed E-state index contributed by atoms with van der Waals surface area (Å²) in [5.74, 6) is 1.77. The Kier molecular flexibility index (Phi) is 8.45. The minimum Gasteiger partial charge on any atom is -0.497 e. The van der Waals surface area contributed by atoms with E-state index < -0.39 is 11.4 Å². The van der Waals surface area contributed by atoms with Crippen molar-refractivity contribution in [1.82, 2.24) is 0 Å². The van der Waals surface area contributed by atoms with Crippen LogP contribution in [0.1, 0.15) is 10.4 Å². The maximum absolute atomic E-state index is 13.7. The summed E-state index contributed by atoms with van der Waals surface area (Å²) in [5, 5.41) is 0.174. The summed E-state index contributed by atoms with van der Waals surface area (Å²) in [6, 6.07) is 14.7. The second-order valence-corrected chi connectivity index (χ2v) is 8.07. The molecule has 10 heteroatoms. The van der Waals surface area contributed by atoms with Crippen molar-refractivity contribution < 1.29 is 42.4 Å². The first-order valence-corrected chi connectivity index (χ1v) is 11.8. The molecule has 0 amide bonds. The normalized spacial score (nSPS) is 10.6. The highest BCUT2D eigenvalue weighted by molar-refractivity contribution is 5.90. The van der Waals surface area contributed by atoms with Crippen LogP contribution in [0.5, 0.6) is 34.5 Å². The zero-order valence-corrected chi connectivity index (χ0v) is 22.2. The number of hydrogen-bond acceptors (Lipinski definition) is 10. The summed E-state index contributed by atoms with van der Waals surface area (Å²) in [4.78, 5) is 26.1. The summed E-state index contributed by atoms with van der Waals surface area (Å²) < 4.78 is 44.0. The van der Waals surface area contributed by atoms with Crippen LogP contribution in [0, 0.1) is 0 Å². The van der Waals surface area contributed by atoms with E-state index in [1.807, 2.05) is 0 Å². The molecule has 0 saturated heterocycles. The molecule has 0 unspecified atom stereocenters. The molecule has 10 nitrogen and oxygen atoms in total. The molecule has 1 aromatic heterocycles. The van der Waals surface area contributed by atoms with Crippen molar-refractivity contribution >= 4 is 16.9 Å². The molecule has 0 fully saturated rings. The largest absolute Gasteiger partial charge is 0.497 e. The summed E-state index contributed by atoms with van der Waals surface area (Å²) in [5.41, 5.74) is 0.616. The van der Waals surface area contributed by atoms with Crippen LogP contribution in [0.4, 0.5) is 0 Å². The van der Waals surface area contributed by atoms with E-state index in [1.165, 1.54) is 35.5 Å². The molecule has 1 heterocycles. The number of fused-ring (bicyclic) bond motifs is 1. The number of carbonyl (C=O) groups excluding carboxylic acids is 1. The average Bonchev–Trinajstić information content (AvgIpc) is 2.98. The topological polar surface area (TPSA) is 112 Å². The molecule has 39 heavy (non-hydrogen) atoms. The predicted octanol–water partition coefficient (Wildman–Crippen LogP) is 4.74. The van der Waals surface area contributed by atoms with Crippen LogP contribution in [0.3, 0.4) is 0 Å². The Balaban J connectivity index is 1.69. The van der Waals surface area contributed by atoms with E-state index >= 15 is 0 Å². The summed E-state index contributed by atoms with van der Waals surface area (Å²) in [6.07, 6.45) is 0. The van der Waals surface area contributed by atoms with Gasteiger partial charge in [0.25, 0.3) is 0 Å². The van der Waals surface area contributed by atoms with Gasteiger partial charge in [-0.05, 0) is 42.5 Å². The molecule has 0 saturated carbocycles. The lowest BCUT2D eigenvalue weighted by Crippen LogP contribution is -2.17. The van der Waals surface area contributed by atoms with Gasteiger partial charge in [0, 0.05) is 17.7 Å². The van der Waals surface area contributed by atoms with Crippen LogP contribution in [-0.4, -0.2) is 54.7 Å². The summed E-state index contributed by atoms with van der Waals surface area (Å²) >= 11 is 0. The van der Waals surface area contributed by atoms with Crippen LogP contribution in [0.15, 0.2) is 63.8 Å². The van der Waals surface area contributed by atoms with Crippen molar-refractivity contribution in [3.63, 3.8) is 0 Å². The van der Waals surface area contributed by atoms with Gasteiger partial charge in [0.15, 0.2) is 17.3 Å². The molecule has 0 atom stereocenters. The van der Waals surface area contributed by atoms with E-state index in [0.29, 0.717) is 34.1 Å². The van der Waals surface area contributed by atoms with Crippen LogP contribution in [0.25, 0.3) is 22.3 Å². The van der Waals surface area contributed by atoms with Crippen molar-refractivity contribution in [2.75, 3.05) is 48.8 Å². The first-order chi connectivity index (χ1) is 18.9. The van der Waals surface area contributed by atoms with E-state index in [0.717, 1.165) is 0 Å². The first kappa shape index (κ1) is 27.2. The van der Waals surface area contributed by atoms with E-state index in [1.54, 1.807) is 54.6 Å². The highest BCUT2D eigenvalue weighted by Gasteiger charge is 2.23. The molecule has 0 aliphatic rings. The molecular formula is C29H28O10. The van der Waals surface area contributed by atoms with Gasteiger partial charge in [-0.1, -0.05) is 0 Å². The van der Waals surface area contributed by atoms with Crippen LogP contribution < -0.4 is 33.8 Å². The Hall–Kier alpha value is -4.86. The monoisotopic (exact) mass is 536 g/mol. The number of benzene rings is 3. The Morgan fingerprint density at radius 2 is 1.41 bits per heavy atom. The number of carbonyl (C=O) groups is 1. The van der Waals surface area contributed by atoms with Gasteiger partial charge in [-0.2, -0.15) is 0 Å². The zero-order chi connectivity index (χ0) is 27.9. The quantitative estimate of drug-likeness (QED) is 0.197. The van der Waals surface area contributed by atoms with Gasteiger partial charge in [0.1, 0.15) is 41.4 Å². The molecule has 0 aliphatic carbocycles. The van der Waals surface area contributed by atoms with Crippen molar-refractivity contribution in [3.05, 3.63) is 70.4 Å². The second-order valence-electron chi connectivity index (χ2n) is 8.07. The van der Waals surface area contributed by atoms with E-state index in [2.05, 4.69) is 0 Å². The first-order valence-electron chi connectivity index (χ1n) is 11.8. The fourth-order valence-electron chi connectivity index (χ4n) is 3.91. The number of methoxy groups -OCH3 is 5. The van der Waals surface area contributed by atoms with Crippen LogP contribution in [-0.2, 0) is 4.74 Å². The predicted molar refractivity (Wildman–Crippen MR) is 143 cm³/mol. The zero-order valence-electron chi connectivity index (χ0n) is 22.2. The molecule has 0 aliphatic heterocycles. The van der Waals surface area contributed by atoms with Gasteiger partial charge in [0.05, 0.1) is 41.1 Å². The Bertz CT molecular complexity index is 1520. The lowest BCUT2D eigenvalue weighted by Gasteiger charge is -2.15. The Labute approximate surface area is 224 Å². The van der Waals surface area contributed by atoms with Gasteiger partial charge >= 0.3 is 5.97 Å². The van der Waals surface area contributed by atoms with Gasteiger partial charge in [-0.15, -0.1) is 0 Å². The molecule has 0 radical (unpaired) electrons. The summed E-state index contributed by atoms with van der Waals surface area (Å²) in [6.45, 7) is -0.232. The van der Waals surface area contributed by atoms with Crippen LogP contribution >= 0.6 is 0 Å². The van der Waals surface area contributed by atoms with Crippen molar-refractivity contribution in [1.29, 1.82) is 0 Å².